The van der Waals surface area contributed by atoms with Gasteiger partial charge in [0.2, 0.25) is 0 Å². The van der Waals surface area contributed by atoms with E-state index >= 15 is 0 Å². The fourth-order valence-electron chi connectivity index (χ4n) is 1.82. The predicted molar refractivity (Wildman–Crippen MR) is 66.2 cm³/mol. The Morgan fingerprint density at radius 2 is 2.06 bits per heavy atom. The average molecular weight is 231 g/mol. The number of aromatic carboxylic acids is 1. The number of allylic oxidation sites excluding steroid dienone is 1. The number of carboxylic acid groups (broad SMARTS) is 1. The number of aromatic hydroxyl groups is 1. The molecule has 2 aromatic rings. The summed E-state index contributed by atoms with van der Waals surface area (Å²) in [7, 11) is 0. The first-order valence-electron chi connectivity index (χ1n) is 5.22. The van der Waals surface area contributed by atoms with Gasteiger partial charge in [0.15, 0.2) is 0 Å². The SMILES string of the molecule is CC(C)=Cc1[nH]c2cccc(C(=O)O)c2c1O. The summed E-state index contributed by atoms with van der Waals surface area (Å²) in [6.45, 7) is 3.81. The molecule has 0 aliphatic rings. The zero-order valence-electron chi connectivity index (χ0n) is 9.61. The third-order valence-electron chi connectivity index (χ3n) is 2.49. The Morgan fingerprint density at radius 3 is 2.65 bits per heavy atom. The van der Waals surface area contributed by atoms with Crippen LogP contribution in [0, 0.1) is 0 Å². The lowest BCUT2D eigenvalue weighted by Gasteiger charge is -1.97. The molecule has 1 aromatic heterocycles. The maximum absolute atomic E-state index is 11.1. The Bertz CT molecular complexity index is 619. The van der Waals surface area contributed by atoms with Crippen molar-refractivity contribution in [1.29, 1.82) is 0 Å². The van der Waals surface area contributed by atoms with Gasteiger partial charge in [-0.2, -0.15) is 0 Å². The van der Waals surface area contributed by atoms with E-state index in [4.69, 9.17) is 5.11 Å². The minimum atomic E-state index is -1.05. The molecule has 3 N–H and O–H groups in total. The van der Waals surface area contributed by atoms with Crippen molar-refractivity contribution >= 4 is 22.9 Å². The van der Waals surface area contributed by atoms with Crippen molar-refractivity contribution in [2.75, 3.05) is 0 Å². The van der Waals surface area contributed by atoms with Crippen LogP contribution in [0.2, 0.25) is 0 Å². The predicted octanol–water partition coefficient (Wildman–Crippen LogP) is 2.99. The van der Waals surface area contributed by atoms with Crippen LogP contribution in [0.25, 0.3) is 17.0 Å². The molecule has 1 aromatic carbocycles. The van der Waals surface area contributed by atoms with E-state index in [2.05, 4.69) is 4.98 Å². The summed E-state index contributed by atoms with van der Waals surface area (Å²) in [5.41, 5.74) is 2.27. The van der Waals surface area contributed by atoms with Crippen molar-refractivity contribution in [2.45, 2.75) is 13.8 Å². The lowest BCUT2D eigenvalue weighted by atomic mass is 10.1. The molecule has 17 heavy (non-hydrogen) atoms. The number of nitrogens with one attached hydrogen (secondary N) is 1. The number of H-pyrrole nitrogens is 1. The number of carbonyl (C=O) groups is 1. The van der Waals surface area contributed by atoms with E-state index in [1.165, 1.54) is 6.07 Å². The summed E-state index contributed by atoms with van der Waals surface area (Å²) in [6, 6.07) is 4.86. The topological polar surface area (TPSA) is 73.3 Å². The standard InChI is InChI=1S/C13H13NO3/c1-7(2)6-10-12(15)11-8(13(16)17)4-3-5-9(11)14-10/h3-6,14-15H,1-2H3,(H,16,17). The Kier molecular flexibility index (Phi) is 2.63. The van der Waals surface area contributed by atoms with Crippen LogP contribution >= 0.6 is 0 Å². The molecule has 0 saturated carbocycles. The molecule has 0 fully saturated rings. The molecule has 0 aliphatic heterocycles. The van der Waals surface area contributed by atoms with Crippen LogP contribution in [0.15, 0.2) is 23.8 Å². The summed E-state index contributed by atoms with van der Waals surface area (Å²) >= 11 is 0. The third kappa shape index (κ3) is 1.89. The molecular weight excluding hydrogens is 218 g/mol. The summed E-state index contributed by atoms with van der Waals surface area (Å²) in [5, 5.41) is 19.4. The van der Waals surface area contributed by atoms with Gasteiger partial charge in [-0.1, -0.05) is 11.6 Å². The van der Waals surface area contributed by atoms with Crippen molar-refractivity contribution < 1.29 is 15.0 Å². The van der Waals surface area contributed by atoms with Crippen LogP contribution in [0.3, 0.4) is 0 Å². The number of benzene rings is 1. The quantitative estimate of drug-likeness (QED) is 0.743. The highest BCUT2D eigenvalue weighted by Gasteiger charge is 2.16. The van der Waals surface area contributed by atoms with Crippen molar-refractivity contribution in [1.82, 2.24) is 4.98 Å². The number of fused-ring (bicyclic) bond motifs is 1. The van der Waals surface area contributed by atoms with E-state index in [9.17, 15) is 9.90 Å². The number of rotatable bonds is 2. The molecule has 0 bridgehead atoms. The molecule has 88 valence electrons. The summed E-state index contributed by atoms with van der Waals surface area (Å²) in [4.78, 5) is 14.1. The monoisotopic (exact) mass is 231 g/mol. The molecule has 0 aliphatic carbocycles. The molecule has 0 amide bonds. The van der Waals surface area contributed by atoms with Gasteiger partial charge < -0.3 is 15.2 Å². The molecule has 0 saturated heterocycles. The largest absolute Gasteiger partial charge is 0.505 e. The first-order chi connectivity index (χ1) is 8.00. The van der Waals surface area contributed by atoms with Gasteiger partial charge in [0.05, 0.1) is 22.2 Å². The zero-order valence-corrected chi connectivity index (χ0v) is 9.61. The van der Waals surface area contributed by atoms with Crippen LogP contribution in [0.1, 0.15) is 29.9 Å². The Morgan fingerprint density at radius 1 is 1.35 bits per heavy atom. The second-order valence-corrected chi connectivity index (χ2v) is 4.14. The minimum Gasteiger partial charge on any atom is -0.505 e. The molecule has 0 unspecified atom stereocenters. The second kappa shape index (κ2) is 3.97. The van der Waals surface area contributed by atoms with Crippen LogP contribution in [0.5, 0.6) is 5.75 Å². The lowest BCUT2D eigenvalue weighted by Crippen LogP contribution is -1.95. The minimum absolute atomic E-state index is 0.0146. The van der Waals surface area contributed by atoms with E-state index < -0.39 is 5.97 Å². The van der Waals surface area contributed by atoms with Gasteiger partial charge in [0.1, 0.15) is 5.75 Å². The number of hydrogen-bond donors (Lipinski definition) is 3. The van der Waals surface area contributed by atoms with Crippen molar-refractivity contribution in [3.8, 4) is 5.75 Å². The van der Waals surface area contributed by atoms with E-state index in [1.54, 1.807) is 18.2 Å². The van der Waals surface area contributed by atoms with Crippen LogP contribution in [0.4, 0.5) is 0 Å². The number of aromatic amines is 1. The van der Waals surface area contributed by atoms with Gasteiger partial charge in [-0.25, -0.2) is 4.79 Å². The molecule has 0 atom stereocenters. The Labute approximate surface area is 98.2 Å². The maximum Gasteiger partial charge on any atom is 0.336 e. The summed E-state index contributed by atoms with van der Waals surface area (Å²) < 4.78 is 0. The highest BCUT2D eigenvalue weighted by atomic mass is 16.4. The van der Waals surface area contributed by atoms with Crippen molar-refractivity contribution in [3.63, 3.8) is 0 Å². The van der Waals surface area contributed by atoms with Gasteiger partial charge >= 0.3 is 5.97 Å². The van der Waals surface area contributed by atoms with Crippen LogP contribution in [-0.2, 0) is 0 Å². The lowest BCUT2D eigenvalue weighted by molar-refractivity contribution is 0.0699. The number of carboxylic acids is 1. The first kappa shape index (κ1) is 11.3. The second-order valence-electron chi connectivity index (χ2n) is 4.14. The van der Waals surface area contributed by atoms with Crippen molar-refractivity contribution in [2.24, 2.45) is 0 Å². The first-order valence-corrected chi connectivity index (χ1v) is 5.22. The van der Waals surface area contributed by atoms with Crippen LogP contribution < -0.4 is 0 Å². The maximum atomic E-state index is 11.1. The van der Waals surface area contributed by atoms with E-state index in [1.807, 2.05) is 13.8 Å². The van der Waals surface area contributed by atoms with Crippen molar-refractivity contribution in [3.05, 3.63) is 35.0 Å². The van der Waals surface area contributed by atoms with E-state index in [0.29, 0.717) is 16.6 Å². The highest BCUT2D eigenvalue weighted by Crippen LogP contribution is 2.33. The molecule has 2 rings (SSSR count). The molecule has 4 heteroatoms. The Balaban J connectivity index is 2.79. The summed E-state index contributed by atoms with van der Waals surface area (Å²) in [5.74, 6) is -1.06. The molecule has 0 radical (unpaired) electrons. The smallest absolute Gasteiger partial charge is 0.336 e. The average Bonchev–Trinajstić information content (AvgIpc) is 2.55. The zero-order chi connectivity index (χ0) is 12.6. The van der Waals surface area contributed by atoms with Crippen LogP contribution in [-0.4, -0.2) is 21.2 Å². The fraction of sp³-hybridized carbons (Fsp3) is 0.154. The molecule has 4 nitrogen and oxygen atoms in total. The summed E-state index contributed by atoms with van der Waals surface area (Å²) in [6.07, 6.45) is 1.78. The van der Waals surface area contributed by atoms with Gasteiger partial charge in [0.25, 0.3) is 0 Å². The van der Waals surface area contributed by atoms with E-state index in [-0.39, 0.29) is 11.3 Å². The van der Waals surface area contributed by atoms with Gasteiger partial charge in [-0.3, -0.25) is 0 Å². The van der Waals surface area contributed by atoms with Gasteiger partial charge in [0, 0.05) is 0 Å². The van der Waals surface area contributed by atoms with Gasteiger partial charge in [-0.05, 0) is 32.1 Å². The molecule has 1 heterocycles. The third-order valence-corrected chi connectivity index (χ3v) is 2.49. The Hall–Kier alpha value is -2.23. The molecular formula is C13H13NO3. The van der Waals surface area contributed by atoms with E-state index in [0.717, 1.165) is 5.57 Å². The number of hydrogen-bond acceptors (Lipinski definition) is 2. The molecule has 0 spiro atoms. The highest BCUT2D eigenvalue weighted by molar-refractivity contribution is 6.06. The van der Waals surface area contributed by atoms with Gasteiger partial charge in [-0.15, -0.1) is 0 Å². The number of aromatic nitrogens is 1. The fourth-order valence-corrected chi connectivity index (χ4v) is 1.82. The normalized spacial score (nSPS) is 10.5.